The summed E-state index contributed by atoms with van der Waals surface area (Å²) in [6.45, 7) is 0. The third-order valence-corrected chi connectivity index (χ3v) is 2.70. The van der Waals surface area contributed by atoms with Crippen LogP contribution in [0.4, 0.5) is 20.3 Å². The van der Waals surface area contributed by atoms with E-state index in [1.54, 1.807) is 7.05 Å². The van der Waals surface area contributed by atoms with E-state index in [1.807, 2.05) is 0 Å². The molecular formula is C10H15F2N7. The first-order chi connectivity index (χ1) is 8.99. The van der Waals surface area contributed by atoms with E-state index >= 15 is 0 Å². The number of aromatic nitrogens is 2. The summed E-state index contributed by atoms with van der Waals surface area (Å²) in [4.78, 5) is 12.1. The molecule has 2 rings (SSSR count). The van der Waals surface area contributed by atoms with Crippen LogP contribution in [0.2, 0.25) is 0 Å². The van der Waals surface area contributed by atoms with Crippen LogP contribution in [0.25, 0.3) is 0 Å². The van der Waals surface area contributed by atoms with Crippen LogP contribution in [0.1, 0.15) is 12.1 Å². The maximum atomic E-state index is 12.6. The zero-order chi connectivity index (χ0) is 14.0. The highest BCUT2D eigenvalue weighted by Gasteiger charge is 2.37. The predicted octanol–water partition coefficient (Wildman–Crippen LogP) is 0.177. The highest BCUT2D eigenvalue weighted by Crippen LogP contribution is 2.29. The van der Waals surface area contributed by atoms with E-state index < -0.39 is 18.6 Å². The van der Waals surface area contributed by atoms with E-state index in [2.05, 4.69) is 30.9 Å². The van der Waals surface area contributed by atoms with Crippen LogP contribution in [-0.2, 0) is 0 Å². The lowest BCUT2D eigenvalue weighted by molar-refractivity contribution is 0.107. The number of aliphatic imine (C=N–C) groups is 1. The standard InChI is InChI=1S/C10H15F2N7/c1-14-8-7-6(16-4-17-8)9(15-2)19-10(13,18-7)3-5(11)12/h4-5,18H,3,13H2,1-2H3,(H,15,19)(H,14,16,17). The molecule has 0 bridgehead atoms. The first kappa shape index (κ1) is 13.4. The van der Waals surface area contributed by atoms with Crippen molar-refractivity contribution >= 4 is 17.3 Å². The molecule has 0 spiro atoms. The van der Waals surface area contributed by atoms with Crippen molar-refractivity contribution in [1.29, 1.82) is 0 Å². The number of rotatable bonds is 3. The number of amidine groups is 1. The minimum atomic E-state index is -2.56. The Balaban J connectivity index is 2.47. The Bertz CT molecular complexity index is 505. The maximum absolute atomic E-state index is 12.6. The fraction of sp³-hybridized carbons (Fsp3) is 0.500. The topological polar surface area (TPSA) is 100 Å². The van der Waals surface area contributed by atoms with Crippen LogP contribution < -0.4 is 21.7 Å². The molecule has 2 heterocycles. The van der Waals surface area contributed by atoms with Crippen LogP contribution in [0.5, 0.6) is 0 Å². The summed E-state index contributed by atoms with van der Waals surface area (Å²) in [5.74, 6) is -0.681. The quantitative estimate of drug-likeness (QED) is 0.625. The van der Waals surface area contributed by atoms with Gasteiger partial charge < -0.3 is 16.0 Å². The lowest BCUT2D eigenvalue weighted by Crippen LogP contribution is -2.65. The van der Waals surface area contributed by atoms with Crippen molar-refractivity contribution < 1.29 is 8.78 Å². The summed E-state index contributed by atoms with van der Waals surface area (Å²) in [5.41, 5.74) is 6.83. The number of nitrogens with zero attached hydrogens (tertiary/aromatic N) is 3. The molecule has 1 aromatic rings. The third kappa shape index (κ3) is 2.55. The molecule has 19 heavy (non-hydrogen) atoms. The summed E-state index contributed by atoms with van der Waals surface area (Å²) >= 11 is 0. The molecular weight excluding hydrogens is 256 g/mol. The number of anilines is 2. The Hall–Kier alpha value is -2.03. The number of hydrogen-bond acceptors (Lipinski definition) is 6. The molecule has 0 radical (unpaired) electrons. The normalized spacial score (nSPS) is 23.8. The molecule has 0 saturated heterocycles. The van der Waals surface area contributed by atoms with Crippen molar-refractivity contribution in [2.45, 2.75) is 18.6 Å². The molecule has 1 aromatic heterocycles. The fourth-order valence-electron chi connectivity index (χ4n) is 1.91. The van der Waals surface area contributed by atoms with E-state index in [-0.39, 0.29) is 0 Å². The first-order valence-electron chi connectivity index (χ1n) is 5.62. The van der Waals surface area contributed by atoms with Crippen molar-refractivity contribution in [3.05, 3.63) is 12.0 Å². The first-order valence-corrected chi connectivity index (χ1v) is 5.62. The Morgan fingerprint density at radius 1 is 1.47 bits per heavy atom. The summed E-state index contributed by atoms with van der Waals surface area (Å²) in [5, 5.41) is 8.40. The monoisotopic (exact) mass is 271 g/mol. The van der Waals surface area contributed by atoms with Crippen molar-refractivity contribution in [3.63, 3.8) is 0 Å². The lowest BCUT2D eigenvalue weighted by Gasteiger charge is -2.38. The van der Waals surface area contributed by atoms with Gasteiger partial charge in [-0.25, -0.2) is 18.7 Å². The van der Waals surface area contributed by atoms with Crippen LogP contribution >= 0.6 is 0 Å². The van der Waals surface area contributed by atoms with Crippen molar-refractivity contribution in [2.24, 2.45) is 10.7 Å². The van der Waals surface area contributed by atoms with Crippen molar-refractivity contribution in [2.75, 3.05) is 24.7 Å². The van der Waals surface area contributed by atoms with Gasteiger partial charge in [-0.05, 0) is 0 Å². The molecule has 0 fully saturated rings. The highest BCUT2D eigenvalue weighted by atomic mass is 19.3. The van der Waals surface area contributed by atoms with Gasteiger partial charge in [0.05, 0.1) is 6.42 Å². The largest absolute Gasteiger partial charge is 0.371 e. The summed E-state index contributed by atoms with van der Waals surface area (Å²) in [7, 11) is 3.20. The highest BCUT2D eigenvalue weighted by molar-refractivity contribution is 6.05. The van der Waals surface area contributed by atoms with Gasteiger partial charge in [0.15, 0.2) is 17.4 Å². The minimum Gasteiger partial charge on any atom is -0.371 e. The van der Waals surface area contributed by atoms with Gasteiger partial charge in [0.25, 0.3) is 0 Å². The molecule has 7 nitrogen and oxygen atoms in total. The SMILES string of the molecule is CN=C1NC(N)(CC(F)F)Nc2c(NC)ncnc21. The van der Waals surface area contributed by atoms with Gasteiger partial charge in [0.1, 0.15) is 17.7 Å². The van der Waals surface area contributed by atoms with Gasteiger partial charge in [-0.15, -0.1) is 0 Å². The average Bonchev–Trinajstić information content (AvgIpc) is 2.35. The molecule has 0 aromatic carbocycles. The van der Waals surface area contributed by atoms with E-state index in [9.17, 15) is 8.78 Å². The van der Waals surface area contributed by atoms with Gasteiger partial charge in [-0.3, -0.25) is 10.7 Å². The van der Waals surface area contributed by atoms with Crippen LogP contribution in [0, 0.1) is 0 Å². The maximum Gasteiger partial charge on any atom is 0.244 e. The van der Waals surface area contributed by atoms with Crippen molar-refractivity contribution in [3.8, 4) is 0 Å². The average molecular weight is 271 g/mol. The number of nitrogens with one attached hydrogen (secondary N) is 3. The Morgan fingerprint density at radius 3 is 2.79 bits per heavy atom. The zero-order valence-corrected chi connectivity index (χ0v) is 10.5. The van der Waals surface area contributed by atoms with Crippen LogP contribution in [0.3, 0.4) is 0 Å². The van der Waals surface area contributed by atoms with Gasteiger partial charge >= 0.3 is 0 Å². The summed E-state index contributed by atoms with van der Waals surface area (Å²) in [6, 6.07) is 0. The zero-order valence-electron chi connectivity index (χ0n) is 10.5. The third-order valence-electron chi connectivity index (χ3n) is 2.70. The number of alkyl halides is 2. The van der Waals surface area contributed by atoms with E-state index in [0.29, 0.717) is 23.0 Å². The van der Waals surface area contributed by atoms with E-state index in [1.165, 1.54) is 13.4 Å². The molecule has 1 unspecified atom stereocenters. The summed E-state index contributed by atoms with van der Waals surface area (Å²) in [6.07, 6.45) is -1.79. The molecule has 5 N–H and O–H groups in total. The number of nitrogens with two attached hydrogens (primary N) is 1. The van der Waals surface area contributed by atoms with Crippen molar-refractivity contribution in [1.82, 2.24) is 15.3 Å². The van der Waals surface area contributed by atoms with Crippen LogP contribution in [0.15, 0.2) is 11.3 Å². The second-order valence-corrected chi connectivity index (χ2v) is 4.08. The van der Waals surface area contributed by atoms with E-state index in [4.69, 9.17) is 5.73 Å². The Kier molecular flexibility index (Phi) is 3.47. The Morgan fingerprint density at radius 2 is 2.21 bits per heavy atom. The number of halogens is 2. The minimum absolute atomic E-state index is 0.343. The van der Waals surface area contributed by atoms with Gasteiger partial charge in [0, 0.05) is 14.1 Å². The second kappa shape index (κ2) is 4.92. The van der Waals surface area contributed by atoms with Gasteiger partial charge in [-0.2, -0.15) is 0 Å². The van der Waals surface area contributed by atoms with Crippen LogP contribution in [-0.4, -0.2) is 42.1 Å². The number of fused-ring (bicyclic) bond motifs is 1. The molecule has 9 heteroatoms. The lowest BCUT2D eigenvalue weighted by atomic mass is 10.1. The predicted molar refractivity (Wildman–Crippen MR) is 68.3 cm³/mol. The molecule has 1 aliphatic heterocycles. The number of hydrogen-bond donors (Lipinski definition) is 4. The molecule has 1 aliphatic rings. The second-order valence-electron chi connectivity index (χ2n) is 4.08. The van der Waals surface area contributed by atoms with Gasteiger partial charge in [0.2, 0.25) is 6.43 Å². The fourth-order valence-corrected chi connectivity index (χ4v) is 1.91. The molecule has 1 atom stereocenters. The smallest absolute Gasteiger partial charge is 0.244 e. The van der Waals surface area contributed by atoms with E-state index in [0.717, 1.165) is 0 Å². The molecule has 0 aliphatic carbocycles. The van der Waals surface area contributed by atoms with Gasteiger partial charge in [-0.1, -0.05) is 0 Å². The Labute approximate surface area is 108 Å². The molecule has 0 saturated carbocycles. The summed E-state index contributed by atoms with van der Waals surface area (Å²) < 4.78 is 25.2. The molecule has 0 amide bonds. The molecule has 104 valence electrons.